The lowest BCUT2D eigenvalue weighted by Crippen LogP contribution is -2.27. The first kappa shape index (κ1) is 19.4. The summed E-state index contributed by atoms with van der Waals surface area (Å²) in [6.07, 6.45) is 0.650. The Balaban J connectivity index is 0.00000225. The second kappa shape index (κ2) is 8.45. The van der Waals surface area contributed by atoms with Gasteiger partial charge in [-0.2, -0.15) is 0 Å². The molecule has 3 rings (SSSR count). The maximum absolute atomic E-state index is 14.7. The molecule has 3 nitrogen and oxygen atoms in total. The molecule has 0 radical (unpaired) electrons. The van der Waals surface area contributed by atoms with E-state index in [1.807, 2.05) is 50.2 Å². The summed E-state index contributed by atoms with van der Waals surface area (Å²) in [5, 5.41) is 6.03. The van der Waals surface area contributed by atoms with Gasteiger partial charge in [0.15, 0.2) is 0 Å². The molecule has 1 amide bonds. The Morgan fingerprint density at radius 2 is 1.88 bits per heavy atom. The number of carbonyl (C=O) groups excluding carboxylic acids is 1. The average Bonchev–Trinajstić information content (AvgIpc) is 2.58. The lowest BCUT2D eigenvalue weighted by Gasteiger charge is -2.23. The first-order valence-corrected chi connectivity index (χ1v) is 8.44. The summed E-state index contributed by atoms with van der Waals surface area (Å²) < 4.78 is 14.7. The van der Waals surface area contributed by atoms with Crippen LogP contribution in [0.25, 0.3) is 0 Å². The number of hydrogen-bond donors (Lipinski definition) is 2. The van der Waals surface area contributed by atoms with Gasteiger partial charge in [-0.25, -0.2) is 4.39 Å². The minimum absolute atomic E-state index is 0. The van der Waals surface area contributed by atoms with Crippen molar-refractivity contribution in [1.29, 1.82) is 0 Å². The molecule has 1 atom stereocenters. The van der Waals surface area contributed by atoms with Gasteiger partial charge < -0.3 is 10.6 Å². The first-order valence-electron chi connectivity index (χ1n) is 8.44. The van der Waals surface area contributed by atoms with Crippen LogP contribution in [0.2, 0.25) is 0 Å². The normalized spacial score (nSPS) is 14.4. The van der Waals surface area contributed by atoms with Crippen molar-refractivity contribution in [3.63, 3.8) is 0 Å². The lowest BCUT2D eigenvalue weighted by atomic mass is 9.87. The average molecular weight is 363 g/mol. The summed E-state index contributed by atoms with van der Waals surface area (Å²) in [7, 11) is 0. The van der Waals surface area contributed by atoms with Crippen molar-refractivity contribution in [3.8, 4) is 0 Å². The van der Waals surface area contributed by atoms with E-state index in [0.29, 0.717) is 18.5 Å². The Bertz CT molecular complexity index is 734. The molecule has 1 heterocycles. The van der Waals surface area contributed by atoms with E-state index in [1.165, 1.54) is 0 Å². The highest BCUT2D eigenvalue weighted by Gasteiger charge is 2.25. The van der Waals surface area contributed by atoms with Gasteiger partial charge in [-0.15, -0.1) is 12.4 Å². The predicted molar refractivity (Wildman–Crippen MR) is 102 cm³/mol. The van der Waals surface area contributed by atoms with Gasteiger partial charge in [0, 0.05) is 6.54 Å². The standard InChI is InChI=1S/C20H23FN2O.ClH/c1-13(2)18(14-6-4-3-5-7-14)20(24)23-17-9-8-15-12-22-11-10-16(15)19(17)21;/h3-9,13,18,22H,10-12H2,1-2H3,(H,23,24);1H. The summed E-state index contributed by atoms with van der Waals surface area (Å²) in [4.78, 5) is 12.8. The number of carbonyl (C=O) groups is 1. The molecule has 2 N–H and O–H groups in total. The lowest BCUT2D eigenvalue weighted by molar-refractivity contribution is -0.118. The van der Waals surface area contributed by atoms with Crippen LogP contribution in [0, 0.1) is 11.7 Å². The SMILES string of the molecule is CC(C)C(C(=O)Nc1ccc2c(c1F)CCNC2)c1ccccc1.Cl. The molecule has 2 aromatic carbocycles. The maximum Gasteiger partial charge on any atom is 0.232 e. The van der Waals surface area contributed by atoms with Crippen molar-refractivity contribution in [1.82, 2.24) is 5.32 Å². The van der Waals surface area contributed by atoms with E-state index in [1.54, 1.807) is 6.07 Å². The third-order valence-corrected chi connectivity index (χ3v) is 4.57. The number of nitrogens with one attached hydrogen (secondary N) is 2. The third kappa shape index (κ3) is 4.20. The predicted octanol–water partition coefficient (Wildman–Crippen LogP) is 4.27. The van der Waals surface area contributed by atoms with E-state index in [9.17, 15) is 9.18 Å². The molecular weight excluding hydrogens is 339 g/mol. The fourth-order valence-corrected chi connectivity index (χ4v) is 3.34. The van der Waals surface area contributed by atoms with Crippen LogP contribution in [0.5, 0.6) is 0 Å². The van der Waals surface area contributed by atoms with Crippen molar-refractivity contribution in [2.24, 2.45) is 5.92 Å². The molecule has 0 aliphatic carbocycles. The highest BCUT2D eigenvalue weighted by atomic mass is 35.5. The molecule has 2 aromatic rings. The van der Waals surface area contributed by atoms with E-state index in [0.717, 1.165) is 17.7 Å². The van der Waals surface area contributed by atoms with Crippen molar-refractivity contribution in [2.75, 3.05) is 11.9 Å². The number of rotatable bonds is 4. The minimum atomic E-state index is -0.303. The summed E-state index contributed by atoms with van der Waals surface area (Å²) in [5.74, 6) is -0.637. The van der Waals surface area contributed by atoms with E-state index >= 15 is 0 Å². The summed E-state index contributed by atoms with van der Waals surface area (Å²) in [6.45, 7) is 5.46. The largest absolute Gasteiger partial charge is 0.323 e. The van der Waals surface area contributed by atoms with Gasteiger partial charge in [-0.3, -0.25) is 4.79 Å². The highest BCUT2D eigenvalue weighted by molar-refractivity contribution is 5.96. The first-order chi connectivity index (χ1) is 11.6. The zero-order valence-electron chi connectivity index (χ0n) is 14.5. The summed E-state index contributed by atoms with van der Waals surface area (Å²) >= 11 is 0. The molecular formula is C20H24ClFN2O. The van der Waals surface area contributed by atoms with Gasteiger partial charge in [-0.05, 0) is 41.6 Å². The Morgan fingerprint density at radius 1 is 1.16 bits per heavy atom. The minimum Gasteiger partial charge on any atom is -0.323 e. The Labute approximate surface area is 154 Å². The van der Waals surface area contributed by atoms with Crippen LogP contribution in [-0.2, 0) is 17.8 Å². The molecule has 1 aliphatic heterocycles. The van der Waals surface area contributed by atoms with Gasteiger partial charge in [0.25, 0.3) is 0 Å². The Kier molecular flexibility index (Phi) is 6.57. The topological polar surface area (TPSA) is 41.1 Å². The van der Waals surface area contributed by atoms with E-state index in [-0.39, 0.29) is 41.7 Å². The molecule has 1 aliphatic rings. The van der Waals surface area contributed by atoms with E-state index in [2.05, 4.69) is 10.6 Å². The third-order valence-electron chi connectivity index (χ3n) is 4.57. The van der Waals surface area contributed by atoms with Crippen LogP contribution in [0.3, 0.4) is 0 Å². The maximum atomic E-state index is 14.7. The summed E-state index contributed by atoms with van der Waals surface area (Å²) in [5.41, 5.74) is 2.92. The molecule has 25 heavy (non-hydrogen) atoms. The van der Waals surface area contributed by atoms with Crippen LogP contribution in [0.1, 0.15) is 36.5 Å². The Hall–Kier alpha value is -1.91. The Morgan fingerprint density at radius 3 is 2.56 bits per heavy atom. The fraction of sp³-hybridized carbons (Fsp3) is 0.350. The smallest absolute Gasteiger partial charge is 0.232 e. The molecule has 0 bridgehead atoms. The number of fused-ring (bicyclic) bond motifs is 1. The molecule has 5 heteroatoms. The number of hydrogen-bond acceptors (Lipinski definition) is 2. The van der Waals surface area contributed by atoms with Crippen molar-refractivity contribution < 1.29 is 9.18 Å². The molecule has 134 valence electrons. The van der Waals surface area contributed by atoms with Gasteiger partial charge in [0.2, 0.25) is 5.91 Å². The van der Waals surface area contributed by atoms with Crippen molar-refractivity contribution >= 4 is 24.0 Å². The molecule has 0 fully saturated rings. The fourth-order valence-electron chi connectivity index (χ4n) is 3.34. The molecule has 0 saturated carbocycles. The monoisotopic (exact) mass is 362 g/mol. The second-order valence-corrected chi connectivity index (χ2v) is 6.61. The van der Waals surface area contributed by atoms with Crippen LogP contribution >= 0.6 is 12.4 Å². The number of benzene rings is 2. The van der Waals surface area contributed by atoms with Gasteiger partial charge in [0.05, 0.1) is 11.6 Å². The van der Waals surface area contributed by atoms with E-state index < -0.39 is 0 Å². The van der Waals surface area contributed by atoms with Gasteiger partial charge in [-0.1, -0.05) is 50.2 Å². The zero-order valence-corrected chi connectivity index (χ0v) is 15.3. The molecule has 0 spiro atoms. The molecule has 0 saturated heterocycles. The van der Waals surface area contributed by atoms with Crippen molar-refractivity contribution in [3.05, 3.63) is 65.0 Å². The van der Waals surface area contributed by atoms with Crippen molar-refractivity contribution in [2.45, 2.75) is 32.7 Å². The zero-order chi connectivity index (χ0) is 17.1. The number of anilines is 1. The molecule has 0 aromatic heterocycles. The van der Waals surface area contributed by atoms with Gasteiger partial charge >= 0.3 is 0 Å². The van der Waals surface area contributed by atoms with Gasteiger partial charge in [0.1, 0.15) is 5.82 Å². The van der Waals surface area contributed by atoms with Crippen LogP contribution in [0.4, 0.5) is 10.1 Å². The summed E-state index contributed by atoms with van der Waals surface area (Å²) in [6, 6.07) is 13.2. The van der Waals surface area contributed by atoms with E-state index in [4.69, 9.17) is 0 Å². The quantitative estimate of drug-likeness (QED) is 0.852. The number of halogens is 2. The second-order valence-electron chi connectivity index (χ2n) is 6.61. The number of amides is 1. The van der Waals surface area contributed by atoms with Crippen LogP contribution in [0.15, 0.2) is 42.5 Å². The van der Waals surface area contributed by atoms with Crippen LogP contribution < -0.4 is 10.6 Å². The highest BCUT2D eigenvalue weighted by Crippen LogP contribution is 2.29. The van der Waals surface area contributed by atoms with Crippen LogP contribution in [-0.4, -0.2) is 12.5 Å². The molecule has 1 unspecified atom stereocenters.